The number of carbonyl (C=O) groups is 1. The molecule has 0 heterocycles. The second kappa shape index (κ2) is 7.29. The molecule has 0 fully saturated rings. The monoisotopic (exact) mass is 326 g/mol. The van der Waals surface area contributed by atoms with Gasteiger partial charge in [0.15, 0.2) is 0 Å². The highest BCUT2D eigenvalue weighted by Gasteiger charge is 2.12. The summed E-state index contributed by atoms with van der Waals surface area (Å²) in [6.07, 6.45) is 2.52. The van der Waals surface area contributed by atoms with Gasteiger partial charge < -0.3 is 5.73 Å². The van der Waals surface area contributed by atoms with Gasteiger partial charge in [0, 0.05) is 17.3 Å². The largest absolute Gasteiger partial charge is 0.366 e. The molecular weight excluding hydrogens is 312 g/mol. The summed E-state index contributed by atoms with van der Waals surface area (Å²) in [5.41, 5.74) is 6.06. The molecule has 0 aliphatic heterocycles. The molecule has 3 N–H and O–H groups in total. The second-order valence-corrected chi connectivity index (χ2v) is 6.18. The van der Waals surface area contributed by atoms with Gasteiger partial charge in [-0.3, -0.25) is 9.52 Å². The van der Waals surface area contributed by atoms with E-state index in [0.717, 1.165) is 6.08 Å². The topological polar surface area (TPSA) is 89.3 Å². The standard InChI is InChI=1S/C17H14N2O3S/c18-17(20)9-5-4-6-14-10-12-15(13-11-14)19-23(21,22)16-7-2-1-3-8-16/h1-3,5,7-13,19H,(H2,18,20)/b9-5+. The fraction of sp³-hybridized carbons (Fsp3) is 0. The molecule has 0 aliphatic rings. The van der Waals surface area contributed by atoms with E-state index in [1.807, 2.05) is 0 Å². The Morgan fingerprint density at radius 2 is 1.70 bits per heavy atom. The first-order valence-electron chi connectivity index (χ1n) is 6.63. The van der Waals surface area contributed by atoms with Crippen molar-refractivity contribution < 1.29 is 13.2 Å². The quantitative estimate of drug-likeness (QED) is 0.664. The predicted molar refractivity (Wildman–Crippen MR) is 88.9 cm³/mol. The Morgan fingerprint density at radius 1 is 1.04 bits per heavy atom. The van der Waals surface area contributed by atoms with Crippen LogP contribution in [-0.4, -0.2) is 14.3 Å². The van der Waals surface area contributed by atoms with Crippen LogP contribution < -0.4 is 10.5 Å². The lowest BCUT2D eigenvalue weighted by Gasteiger charge is -2.07. The average Bonchev–Trinajstić information content (AvgIpc) is 2.53. The molecule has 1 amide bonds. The van der Waals surface area contributed by atoms with Gasteiger partial charge in [-0.2, -0.15) is 0 Å². The number of nitrogens with one attached hydrogen (secondary N) is 1. The average molecular weight is 326 g/mol. The molecule has 0 aliphatic carbocycles. The number of anilines is 1. The number of rotatable bonds is 4. The summed E-state index contributed by atoms with van der Waals surface area (Å²) in [5, 5.41) is 0. The van der Waals surface area contributed by atoms with Gasteiger partial charge in [-0.15, -0.1) is 0 Å². The summed E-state index contributed by atoms with van der Waals surface area (Å²) < 4.78 is 26.8. The fourth-order valence-electron chi connectivity index (χ4n) is 1.68. The molecule has 2 aromatic rings. The normalized spacial score (nSPS) is 10.8. The third kappa shape index (κ3) is 5.02. The molecule has 2 aromatic carbocycles. The van der Waals surface area contributed by atoms with Gasteiger partial charge in [-0.05, 0) is 42.5 Å². The summed E-state index contributed by atoms with van der Waals surface area (Å²) in [7, 11) is -3.61. The predicted octanol–water partition coefficient (Wildman–Crippen LogP) is 1.88. The van der Waals surface area contributed by atoms with Crippen LogP contribution in [0.1, 0.15) is 5.56 Å². The smallest absolute Gasteiger partial charge is 0.261 e. The molecule has 116 valence electrons. The van der Waals surface area contributed by atoms with Gasteiger partial charge in [-0.25, -0.2) is 8.42 Å². The van der Waals surface area contributed by atoms with Crippen molar-refractivity contribution in [2.75, 3.05) is 4.72 Å². The third-order valence-electron chi connectivity index (χ3n) is 2.74. The molecule has 23 heavy (non-hydrogen) atoms. The maximum atomic E-state index is 12.2. The number of hydrogen-bond donors (Lipinski definition) is 2. The van der Waals surface area contributed by atoms with Crippen LogP contribution in [0.25, 0.3) is 0 Å². The highest BCUT2D eigenvalue weighted by Crippen LogP contribution is 2.16. The molecule has 0 saturated carbocycles. The Balaban J connectivity index is 2.10. The lowest BCUT2D eigenvalue weighted by molar-refractivity contribution is -0.113. The van der Waals surface area contributed by atoms with Crippen molar-refractivity contribution in [2.24, 2.45) is 5.73 Å². The Bertz CT molecular complexity index is 875. The van der Waals surface area contributed by atoms with Gasteiger partial charge >= 0.3 is 0 Å². The molecule has 0 radical (unpaired) electrons. The highest BCUT2D eigenvalue weighted by atomic mass is 32.2. The molecule has 0 atom stereocenters. The van der Waals surface area contributed by atoms with E-state index in [2.05, 4.69) is 16.6 Å². The van der Waals surface area contributed by atoms with Crippen LogP contribution in [0.3, 0.4) is 0 Å². The summed E-state index contributed by atoms with van der Waals surface area (Å²) >= 11 is 0. The van der Waals surface area contributed by atoms with Crippen molar-refractivity contribution in [3.8, 4) is 11.8 Å². The minimum absolute atomic E-state index is 0.195. The Labute approximate surface area is 134 Å². The summed E-state index contributed by atoms with van der Waals surface area (Å²) in [6, 6.07) is 14.7. The number of carbonyl (C=O) groups excluding carboxylic acids is 1. The zero-order valence-electron chi connectivity index (χ0n) is 12.1. The Morgan fingerprint density at radius 3 is 2.30 bits per heavy atom. The fourth-order valence-corrected chi connectivity index (χ4v) is 2.76. The molecule has 0 bridgehead atoms. The number of hydrogen-bond acceptors (Lipinski definition) is 3. The van der Waals surface area contributed by atoms with Crippen LogP contribution >= 0.6 is 0 Å². The van der Waals surface area contributed by atoms with Gasteiger partial charge in [-0.1, -0.05) is 30.0 Å². The number of benzene rings is 2. The van der Waals surface area contributed by atoms with E-state index >= 15 is 0 Å². The van der Waals surface area contributed by atoms with Crippen molar-refractivity contribution in [1.29, 1.82) is 0 Å². The zero-order chi connectivity index (χ0) is 16.7. The summed E-state index contributed by atoms with van der Waals surface area (Å²) in [5.74, 6) is 4.89. The number of allylic oxidation sites excluding steroid dienone is 1. The lowest BCUT2D eigenvalue weighted by atomic mass is 10.2. The van der Waals surface area contributed by atoms with Crippen LogP contribution in [-0.2, 0) is 14.8 Å². The molecule has 0 aromatic heterocycles. The van der Waals surface area contributed by atoms with E-state index in [4.69, 9.17) is 5.73 Å². The van der Waals surface area contributed by atoms with Gasteiger partial charge in [0.05, 0.1) is 4.90 Å². The Kier molecular flexibility index (Phi) is 5.18. The van der Waals surface area contributed by atoms with E-state index < -0.39 is 15.9 Å². The SMILES string of the molecule is NC(=O)/C=C/C#Cc1ccc(NS(=O)(=O)c2ccccc2)cc1. The van der Waals surface area contributed by atoms with Crippen LogP contribution in [0.5, 0.6) is 0 Å². The molecule has 6 heteroatoms. The summed E-state index contributed by atoms with van der Waals surface area (Å²) in [4.78, 5) is 10.7. The molecular formula is C17H14N2O3S. The van der Waals surface area contributed by atoms with E-state index in [-0.39, 0.29) is 4.90 Å². The van der Waals surface area contributed by atoms with Crippen molar-refractivity contribution in [3.05, 3.63) is 72.3 Å². The van der Waals surface area contributed by atoms with Gasteiger partial charge in [0.25, 0.3) is 10.0 Å². The lowest BCUT2D eigenvalue weighted by Crippen LogP contribution is -2.12. The summed E-state index contributed by atoms with van der Waals surface area (Å²) in [6.45, 7) is 0. The maximum Gasteiger partial charge on any atom is 0.261 e. The van der Waals surface area contributed by atoms with Crippen molar-refractivity contribution in [2.45, 2.75) is 4.90 Å². The van der Waals surface area contributed by atoms with Gasteiger partial charge in [0.2, 0.25) is 5.91 Å². The first-order valence-corrected chi connectivity index (χ1v) is 8.11. The highest BCUT2D eigenvalue weighted by molar-refractivity contribution is 7.92. The number of nitrogens with two attached hydrogens (primary N) is 1. The van der Waals surface area contributed by atoms with E-state index in [9.17, 15) is 13.2 Å². The molecule has 0 unspecified atom stereocenters. The van der Waals surface area contributed by atoms with E-state index in [1.54, 1.807) is 42.5 Å². The van der Waals surface area contributed by atoms with Crippen LogP contribution in [0.2, 0.25) is 0 Å². The molecule has 5 nitrogen and oxygen atoms in total. The van der Waals surface area contributed by atoms with Crippen molar-refractivity contribution in [1.82, 2.24) is 0 Å². The number of primary amides is 1. The Hall–Kier alpha value is -3.04. The molecule has 2 rings (SSSR count). The number of sulfonamides is 1. The van der Waals surface area contributed by atoms with Crippen molar-refractivity contribution in [3.63, 3.8) is 0 Å². The van der Waals surface area contributed by atoms with E-state index in [0.29, 0.717) is 11.3 Å². The van der Waals surface area contributed by atoms with Crippen LogP contribution in [0.15, 0.2) is 71.6 Å². The second-order valence-electron chi connectivity index (χ2n) is 4.50. The zero-order valence-corrected chi connectivity index (χ0v) is 12.9. The molecule has 0 spiro atoms. The van der Waals surface area contributed by atoms with Crippen molar-refractivity contribution >= 4 is 21.6 Å². The number of amides is 1. The minimum atomic E-state index is -3.61. The first kappa shape index (κ1) is 16.3. The van der Waals surface area contributed by atoms with Gasteiger partial charge in [0.1, 0.15) is 0 Å². The van der Waals surface area contributed by atoms with Crippen LogP contribution in [0.4, 0.5) is 5.69 Å². The minimum Gasteiger partial charge on any atom is -0.366 e. The molecule has 0 saturated heterocycles. The maximum absolute atomic E-state index is 12.2. The van der Waals surface area contributed by atoms with E-state index in [1.165, 1.54) is 18.2 Å². The third-order valence-corrected chi connectivity index (χ3v) is 4.14. The van der Waals surface area contributed by atoms with Crippen LogP contribution in [0, 0.1) is 11.8 Å². The first-order chi connectivity index (χ1) is 11.0.